The zero-order valence-electron chi connectivity index (χ0n) is 19.4. The Labute approximate surface area is 203 Å². The van der Waals surface area contributed by atoms with Crippen LogP contribution < -0.4 is 10.1 Å². The molecule has 1 atom stereocenters. The Morgan fingerprint density at radius 2 is 2.03 bits per heavy atom. The molecule has 4 aromatic rings. The Morgan fingerprint density at radius 3 is 2.82 bits per heavy atom. The van der Waals surface area contributed by atoms with Crippen molar-refractivity contribution in [3.8, 4) is 11.5 Å². The molecule has 0 aliphatic carbocycles. The van der Waals surface area contributed by atoms with Crippen LogP contribution in [0.4, 0.5) is 5.69 Å². The third-order valence-electron chi connectivity index (χ3n) is 6.57. The Morgan fingerprint density at radius 1 is 1.18 bits per heavy atom. The number of amides is 1. The SMILES string of the molecule is COc1ccc(C)cc1NC(=O)c1cc2ccccc2c(CN2CCC[C@@H]2c2cccs2)c1O. The van der Waals surface area contributed by atoms with E-state index >= 15 is 0 Å². The summed E-state index contributed by atoms with van der Waals surface area (Å²) in [6, 6.07) is 20.0. The number of likely N-dealkylation sites (tertiary alicyclic amines) is 1. The van der Waals surface area contributed by atoms with Crippen molar-refractivity contribution in [3.05, 3.63) is 87.6 Å². The molecule has 0 saturated carbocycles. The van der Waals surface area contributed by atoms with Crippen molar-refractivity contribution >= 4 is 33.7 Å². The van der Waals surface area contributed by atoms with Gasteiger partial charge in [0, 0.05) is 23.0 Å². The second-order valence-electron chi connectivity index (χ2n) is 8.77. The quantitative estimate of drug-likeness (QED) is 0.336. The summed E-state index contributed by atoms with van der Waals surface area (Å²) in [4.78, 5) is 17.1. The number of methoxy groups -OCH3 is 1. The number of fused-ring (bicyclic) bond motifs is 1. The number of phenolic OH excluding ortho intramolecular Hbond substituents is 1. The number of rotatable bonds is 6. The van der Waals surface area contributed by atoms with Crippen LogP contribution in [0.25, 0.3) is 10.8 Å². The van der Waals surface area contributed by atoms with Gasteiger partial charge in [0.05, 0.1) is 18.4 Å². The van der Waals surface area contributed by atoms with Crippen LogP contribution in [-0.2, 0) is 6.54 Å². The van der Waals surface area contributed by atoms with Crippen LogP contribution >= 0.6 is 11.3 Å². The molecule has 5 rings (SSSR count). The second-order valence-corrected chi connectivity index (χ2v) is 9.75. The summed E-state index contributed by atoms with van der Waals surface area (Å²) < 4.78 is 5.41. The lowest BCUT2D eigenvalue weighted by molar-refractivity contribution is 0.102. The molecule has 2 heterocycles. The van der Waals surface area contributed by atoms with Crippen molar-refractivity contribution in [3.63, 3.8) is 0 Å². The number of carbonyl (C=O) groups is 1. The van der Waals surface area contributed by atoms with Gasteiger partial charge >= 0.3 is 0 Å². The fraction of sp³-hybridized carbons (Fsp3) is 0.250. The average molecular weight is 473 g/mol. The van der Waals surface area contributed by atoms with Gasteiger partial charge in [-0.15, -0.1) is 11.3 Å². The number of carbonyl (C=O) groups excluding carboxylic acids is 1. The standard InChI is InChI=1S/C28H28N2O3S/c1-18-11-12-25(33-2)23(15-18)29-28(32)21-16-19-7-3-4-8-20(19)22(27(21)31)17-30-13-5-9-24(30)26-10-6-14-34-26/h3-4,6-8,10-12,14-16,24,31H,5,9,13,17H2,1-2H3,(H,29,32)/t24-/m1/s1. The van der Waals surface area contributed by atoms with Gasteiger partial charge in [-0.25, -0.2) is 0 Å². The minimum atomic E-state index is -0.357. The van der Waals surface area contributed by atoms with E-state index in [1.807, 2.05) is 49.4 Å². The number of nitrogens with one attached hydrogen (secondary N) is 1. The second kappa shape index (κ2) is 9.49. The first-order chi connectivity index (χ1) is 16.5. The highest BCUT2D eigenvalue weighted by Crippen LogP contribution is 2.39. The van der Waals surface area contributed by atoms with Crippen LogP contribution in [-0.4, -0.2) is 29.6 Å². The molecular formula is C28H28N2O3S. The molecule has 1 fully saturated rings. The molecular weight excluding hydrogens is 444 g/mol. The molecule has 1 amide bonds. The van der Waals surface area contributed by atoms with Gasteiger partial charge in [0.15, 0.2) is 0 Å². The number of thiophene rings is 1. The van der Waals surface area contributed by atoms with E-state index in [4.69, 9.17) is 4.74 Å². The summed E-state index contributed by atoms with van der Waals surface area (Å²) in [5, 5.41) is 18.3. The molecule has 1 aromatic heterocycles. The van der Waals surface area contributed by atoms with Crippen LogP contribution in [0, 0.1) is 6.92 Å². The molecule has 0 bridgehead atoms. The monoisotopic (exact) mass is 472 g/mol. The van der Waals surface area contributed by atoms with E-state index in [1.165, 1.54) is 4.88 Å². The van der Waals surface area contributed by atoms with Gasteiger partial charge in [-0.3, -0.25) is 9.69 Å². The van der Waals surface area contributed by atoms with Crippen molar-refractivity contribution < 1.29 is 14.6 Å². The van der Waals surface area contributed by atoms with Gasteiger partial charge in [0.25, 0.3) is 5.91 Å². The number of nitrogens with zero attached hydrogens (tertiary/aromatic N) is 1. The van der Waals surface area contributed by atoms with Gasteiger partial charge < -0.3 is 15.2 Å². The highest BCUT2D eigenvalue weighted by Gasteiger charge is 2.29. The minimum absolute atomic E-state index is 0.0413. The molecule has 6 heteroatoms. The molecule has 0 unspecified atom stereocenters. The first-order valence-electron chi connectivity index (χ1n) is 11.5. The lowest BCUT2D eigenvalue weighted by Gasteiger charge is -2.25. The highest BCUT2D eigenvalue weighted by atomic mass is 32.1. The molecule has 3 aromatic carbocycles. The Kier molecular flexibility index (Phi) is 6.26. The number of benzene rings is 3. The van der Waals surface area contributed by atoms with Crippen molar-refractivity contribution in [1.82, 2.24) is 4.90 Å². The number of ether oxygens (including phenoxy) is 1. The molecule has 174 valence electrons. The van der Waals surface area contributed by atoms with Gasteiger partial charge in [-0.05, 0) is 72.3 Å². The van der Waals surface area contributed by atoms with Gasteiger partial charge in [-0.1, -0.05) is 36.4 Å². The van der Waals surface area contributed by atoms with Crippen LogP contribution in [0.3, 0.4) is 0 Å². The third-order valence-corrected chi connectivity index (χ3v) is 7.54. The summed E-state index contributed by atoms with van der Waals surface area (Å²) >= 11 is 1.78. The Hall–Kier alpha value is -3.35. The van der Waals surface area contributed by atoms with Crippen molar-refractivity contribution in [2.75, 3.05) is 19.0 Å². The molecule has 2 N–H and O–H groups in total. The molecule has 34 heavy (non-hydrogen) atoms. The van der Waals surface area contributed by atoms with Crippen LogP contribution in [0.5, 0.6) is 11.5 Å². The van der Waals surface area contributed by atoms with E-state index in [0.717, 1.165) is 41.3 Å². The maximum atomic E-state index is 13.4. The number of aromatic hydroxyl groups is 1. The fourth-order valence-electron chi connectivity index (χ4n) is 4.88. The van der Waals surface area contributed by atoms with E-state index < -0.39 is 0 Å². The lowest BCUT2D eigenvalue weighted by Crippen LogP contribution is -2.23. The van der Waals surface area contributed by atoms with Crippen LogP contribution in [0.1, 0.15) is 45.2 Å². The van der Waals surface area contributed by atoms with Gasteiger partial charge in [0.1, 0.15) is 11.5 Å². The molecule has 1 aliphatic rings. The maximum Gasteiger partial charge on any atom is 0.259 e. The molecule has 1 aliphatic heterocycles. The zero-order chi connectivity index (χ0) is 23.7. The first-order valence-corrected chi connectivity index (χ1v) is 12.4. The number of hydrogen-bond acceptors (Lipinski definition) is 5. The number of hydrogen-bond donors (Lipinski definition) is 2. The summed E-state index contributed by atoms with van der Waals surface area (Å²) in [5.41, 5.74) is 2.65. The van der Waals surface area contributed by atoms with Crippen molar-refractivity contribution in [2.45, 2.75) is 32.4 Å². The average Bonchev–Trinajstić information content (AvgIpc) is 3.52. The molecule has 0 radical (unpaired) electrons. The zero-order valence-corrected chi connectivity index (χ0v) is 20.2. The summed E-state index contributed by atoms with van der Waals surface area (Å²) in [5.74, 6) is 0.264. The molecule has 1 saturated heterocycles. The topological polar surface area (TPSA) is 61.8 Å². The van der Waals surface area contributed by atoms with Gasteiger partial charge in [0.2, 0.25) is 0 Å². The largest absolute Gasteiger partial charge is 0.507 e. The maximum absolute atomic E-state index is 13.4. The Bertz CT molecular complexity index is 1330. The van der Waals surface area contributed by atoms with Crippen LogP contribution in [0.15, 0.2) is 66.0 Å². The van der Waals surface area contributed by atoms with E-state index in [0.29, 0.717) is 24.0 Å². The number of anilines is 1. The fourth-order valence-corrected chi connectivity index (χ4v) is 5.77. The smallest absolute Gasteiger partial charge is 0.259 e. The normalized spacial score (nSPS) is 16.1. The third kappa shape index (κ3) is 4.27. The van der Waals surface area contributed by atoms with Gasteiger partial charge in [-0.2, -0.15) is 0 Å². The van der Waals surface area contributed by atoms with Crippen molar-refractivity contribution in [2.24, 2.45) is 0 Å². The molecule has 0 spiro atoms. The summed E-state index contributed by atoms with van der Waals surface area (Å²) in [7, 11) is 1.58. The summed E-state index contributed by atoms with van der Waals surface area (Å²) in [6.07, 6.45) is 2.22. The Balaban J connectivity index is 1.52. The minimum Gasteiger partial charge on any atom is -0.507 e. The molecule has 5 nitrogen and oxygen atoms in total. The lowest BCUT2D eigenvalue weighted by atomic mass is 9.98. The van der Waals surface area contributed by atoms with Crippen LogP contribution in [0.2, 0.25) is 0 Å². The van der Waals surface area contributed by atoms with Crippen molar-refractivity contribution in [1.29, 1.82) is 0 Å². The van der Waals surface area contributed by atoms with E-state index in [2.05, 4.69) is 27.7 Å². The van der Waals surface area contributed by atoms with E-state index in [1.54, 1.807) is 24.5 Å². The van der Waals surface area contributed by atoms with E-state index in [-0.39, 0.29) is 17.2 Å². The predicted octanol–water partition coefficient (Wildman–Crippen LogP) is 6.51. The highest BCUT2D eigenvalue weighted by molar-refractivity contribution is 7.10. The summed E-state index contributed by atoms with van der Waals surface area (Å²) in [6.45, 7) is 3.51. The predicted molar refractivity (Wildman–Crippen MR) is 138 cm³/mol. The number of aryl methyl sites for hydroxylation is 1. The first kappa shape index (κ1) is 22.4. The van der Waals surface area contributed by atoms with E-state index in [9.17, 15) is 9.90 Å². The number of phenols is 1.